The summed E-state index contributed by atoms with van der Waals surface area (Å²) in [6, 6.07) is 0.829. The Kier molecular flexibility index (Phi) is 2.71. The highest BCUT2D eigenvalue weighted by Crippen LogP contribution is 2.28. The third-order valence-corrected chi connectivity index (χ3v) is 2.38. The molecule has 16 heavy (non-hydrogen) atoms. The molecule has 1 N–H and O–H groups in total. The molecule has 0 amide bonds. The minimum Gasteiger partial charge on any atom is -0.391 e. The van der Waals surface area contributed by atoms with E-state index in [0.29, 0.717) is 13.0 Å². The van der Waals surface area contributed by atoms with E-state index in [1.165, 1.54) is 0 Å². The van der Waals surface area contributed by atoms with Crippen molar-refractivity contribution >= 4 is 5.95 Å². The van der Waals surface area contributed by atoms with Gasteiger partial charge >= 0.3 is 6.18 Å². The van der Waals surface area contributed by atoms with Gasteiger partial charge in [-0.1, -0.05) is 0 Å². The minimum absolute atomic E-state index is 0.0198. The lowest BCUT2D eigenvalue weighted by Gasteiger charge is -2.16. The monoisotopic (exact) mass is 233 g/mol. The summed E-state index contributed by atoms with van der Waals surface area (Å²) in [4.78, 5) is 8.75. The molecule has 0 saturated carbocycles. The van der Waals surface area contributed by atoms with Gasteiger partial charge < -0.3 is 10.0 Å². The van der Waals surface area contributed by atoms with E-state index in [-0.39, 0.29) is 12.5 Å². The number of aromatic nitrogens is 2. The number of halogens is 3. The van der Waals surface area contributed by atoms with E-state index in [4.69, 9.17) is 0 Å². The fraction of sp³-hybridized carbons (Fsp3) is 0.556. The van der Waals surface area contributed by atoms with E-state index in [0.717, 1.165) is 12.3 Å². The average molecular weight is 233 g/mol. The standard InChI is InChI=1S/C9H10F3N3O/c10-9(11,12)7-1-3-13-8(14-7)15-4-2-6(16)5-15/h1,3,6,16H,2,4-5H2/t6-/m1/s1. The molecule has 0 unspecified atom stereocenters. The van der Waals surface area contributed by atoms with Crippen molar-refractivity contribution in [3.8, 4) is 0 Å². The van der Waals surface area contributed by atoms with Crippen molar-refractivity contribution < 1.29 is 18.3 Å². The molecule has 0 radical (unpaired) electrons. The summed E-state index contributed by atoms with van der Waals surface area (Å²) in [5, 5.41) is 9.27. The van der Waals surface area contributed by atoms with Gasteiger partial charge in [0.2, 0.25) is 5.95 Å². The second-order valence-electron chi connectivity index (χ2n) is 3.63. The van der Waals surface area contributed by atoms with Crippen molar-refractivity contribution in [1.82, 2.24) is 9.97 Å². The molecule has 1 saturated heterocycles. The molecule has 1 aliphatic rings. The number of rotatable bonds is 1. The summed E-state index contributed by atoms with van der Waals surface area (Å²) in [6.45, 7) is 0.754. The molecule has 1 aliphatic heterocycles. The lowest BCUT2D eigenvalue weighted by molar-refractivity contribution is -0.141. The van der Waals surface area contributed by atoms with Crippen LogP contribution in [0.15, 0.2) is 12.3 Å². The second kappa shape index (κ2) is 3.89. The van der Waals surface area contributed by atoms with Crippen LogP contribution in [0.1, 0.15) is 12.1 Å². The Hall–Kier alpha value is -1.37. The van der Waals surface area contributed by atoms with Crippen LogP contribution in [0, 0.1) is 0 Å². The molecule has 0 bridgehead atoms. The maximum atomic E-state index is 12.4. The van der Waals surface area contributed by atoms with Crippen LogP contribution in [0.2, 0.25) is 0 Å². The fourth-order valence-corrected chi connectivity index (χ4v) is 1.58. The number of aliphatic hydroxyl groups excluding tert-OH is 1. The zero-order chi connectivity index (χ0) is 11.8. The second-order valence-corrected chi connectivity index (χ2v) is 3.63. The minimum atomic E-state index is -4.46. The summed E-state index contributed by atoms with van der Waals surface area (Å²) in [7, 11) is 0. The van der Waals surface area contributed by atoms with Crippen LogP contribution in [0.4, 0.5) is 19.1 Å². The van der Waals surface area contributed by atoms with Crippen molar-refractivity contribution in [2.45, 2.75) is 18.7 Å². The average Bonchev–Trinajstić information content (AvgIpc) is 2.64. The quantitative estimate of drug-likeness (QED) is 0.788. The molecule has 0 spiro atoms. The number of nitrogens with zero attached hydrogens (tertiary/aromatic N) is 3. The van der Waals surface area contributed by atoms with Gasteiger partial charge in [0.15, 0.2) is 0 Å². The van der Waals surface area contributed by atoms with Crippen LogP contribution in [0.5, 0.6) is 0 Å². The van der Waals surface area contributed by atoms with Gasteiger partial charge in [0.05, 0.1) is 6.10 Å². The summed E-state index contributed by atoms with van der Waals surface area (Å²) in [5.74, 6) is 0.0198. The Morgan fingerprint density at radius 3 is 2.75 bits per heavy atom. The Morgan fingerprint density at radius 2 is 2.19 bits per heavy atom. The Bertz CT molecular complexity index is 383. The predicted octanol–water partition coefficient (Wildman–Crippen LogP) is 1.07. The van der Waals surface area contributed by atoms with E-state index >= 15 is 0 Å². The van der Waals surface area contributed by atoms with Crippen LogP contribution in [0.25, 0.3) is 0 Å². The van der Waals surface area contributed by atoms with Gasteiger partial charge in [0, 0.05) is 19.3 Å². The summed E-state index contributed by atoms with van der Waals surface area (Å²) < 4.78 is 37.1. The first kappa shape index (κ1) is 11.1. The Balaban J connectivity index is 2.23. The lowest BCUT2D eigenvalue weighted by atomic mass is 10.3. The third-order valence-electron chi connectivity index (χ3n) is 2.38. The zero-order valence-electron chi connectivity index (χ0n) is 8.28. The van der Waals surface area contributed by atoms with Crippen LogP contribution < -0.4 is 4.90 Å². The van der Waals surface area contributed by atoms with Crippen molar-refractivity contribution in [3.05, 3.63) is 18.0 Å². The molecule has 0 aromatic carbocycles. The Labute approximate surface area is 89.7 Å². The lowest BCUT2D eigenvalue weighted by Crippen LogP contribution is -2.24. The number of β-amino-alcohol motifs (C(OH)–C–C–N with tert-alkyl or cyclic N) is 1. The van der Waals surface area contributed by atoms with Crippen LogP contribution in [-0.4, -0.2) is 34.3 Å². The van der Waals surface area contributed by atoms with E-state index in [1.54, 1.807) is 4.90 Å². The van der Waals surface area contributed by atoms with Gasteiger partial charge in [-0.15, -0.1) is 0 Å². The van der Waals surface area contributed by atoms with Gasteiger partial charge in [-0.05, 0) is 12.5 Å². The molecular formula is C9H10F3N3O. The molecule has 2 heterocycles. The number of aliphatic hydroxyl groups is 1. The first-order valence-electron chi connectivity index (χ1n) is 4.80. The van der Waals surface area contributed by atoms with E-state index in [1.807, 2.05) is 0 Å². The van der Waals surface area contributed by atoms with Crippen LogP contribution in [-0.2, 0) is 6.18 Å². The molecule has 4 nitrogen and oxygen atoms in total. The Morgan fingerprint density at radius 1 is 1.44 bits per heavy atom. The van der Waals surface area contributed by atoms with Crippen molar-refractivity contribution in [1.29, 1.82) is 0 Å². The molecule has 7 heteroatoms. The van der Waals surface area contributed by atoms with Crippen molar-refractivity contribution in [2.24, 2.45) is 0 Å². The van der Waals surface area contributed by atoms with Gasteiger partial charge in [-0.3, -0.25) is 0 Å². The SMILES string of the molecule is O[C@@H]1CCN(c2nccc(C(F)(F)F)n2)C1. The molecule has 1 aromatic heterocycles. The molecular weight excluding hydrogens is 223 g/mol. The molecule has 2 rings (SSSR count). The van der Waals surface area contributed by atoms with Gasteiger partial charge in [0.25, 0.3) is 0 Å². The summed E-state index contributed by atoms with van der Waals surface area (Å²) in [5.41, 5.74) is -0.959. The van der Waals surface area contributed by atoms with Gasteiger partial charge in [0.1, 0.15) is 5.69 Å². The van der Waals surface area contributed by atoms with Gasteiger partial charge in [-0.2, -0.15) is 13.2 Å². The van der Waals surface area contributed by atoms with Crippen LogP contribution >= 0.6 is 0 Å². The normalized spacial score (nSPS) is 21.5. The number of alkyl halides is 3. The van der Waals surface area contributed by atoms with Crippen molar-refractivity contribution in [2.75, 3.05) is 18.0 Å². The zero-order valence-corrected chi connectivity index (χ0v) is 8.28. The predicted molar refractivity (Wildman–Crippen MR) is 49.9 cm³/mol. The summed E-state index contributed by atoms with van der Waals surface area (Å²) >= 11 is 0. The molecule has 1 aromatic rings. The topological polar surface area (TPSA) is 49.2 Å². The molecule has 0 aliphatic carbocycles. The molecule has 88 valence electrons. The maximum Gasteiger partial charge on any atom is 0.433 e. The van der Waals surface area contributed by atoms with E-state index in [2.05, 4.69) is 9.97 Å². The van der Waals surface area contributed by atoms with E-state index in [9.17, 15) is 18.3 Å². The molecule has 1 atom stereocenters. The first-order valence-corrected chi connectivity index (χ1v) is 4.80. The van der Waals surface area contributed by atoms with Crippen molar-refractivity contribution in [3.63, 3.8) is 0 Å². The van der Waals surface area contributed by atoms with Crippen LogP contribution in [0.3, 0.4) is 0 Å². The van der Waals surface area contributed by atoms with Gasteiger partial charge in [-0.25, -0.2) is 9.97 Å². The third kappa shape index (κ3) is 2.24. The number of hydrogen-bond donors (Lipinski definition) is 1. The first-order chi connectivity index (χ1) is 7.47. The smallest absolute Gasteiger partial charge is 0.391 e. The largest absolute Gasteiger partial charge is 0.433 e. The maximum absolute atomic E-state index is 12.4. The van der Waals surface area contributed by atoms with E-state index < -0.39 is 18.0 Å². The highest BCUT2D eigenvalue weighted by atomic mass is 19.4. The summed E-state index contributed by atoms with van der Waals surface area (Å²) in [6.07, 6.45) is -3.37. The number of anilines is 1. The highest BCUT2D eigenvalue weighted by Gasteiger charge is 2.33. The number of hydrogen-bond acceptors (Lipinski definition) is 4. The highest BCUT2D eigenvalue weighted by molar-refractivity contribution is 5.32. The molecule has 1 fully saturated rings. The fourth-order valence-electron chi connectivity index (χ4n) is 1.58.